The second-order valence-electron chi connectivity index (χ2n) is 5.01. The summed E-state index contributed by atoms with van der Waals surface area (Å²) in [4.78, 5) is 4.39. The summed E-state index contributed by atoms with van der Waals surface area (Å²) in [6.07, 6.45) is 8.20. The molecule has 0 fully saturated rings. The zero-order chi connectivity index (χ0) is 14.4. The summed E-state index contributed by atoms with van der Waals surface area (Å²) in [6, 6.07) is 2.61. The molecule has 2 aromatic rings. The van der Waals surface area contributed by atoms with Crippen LogP contribution in [0.3, 0.4) is 0 Å². The van der Waals surface area contributed by atoms with Crippen LogP contribution in [-0.2, 0) is 13.1 Å². The zero-order valence-electron chi connectivity index (χ0n) is 12.7. The fraction of sp³-hybridized carbons (Fsp3) is 0.600. The van der Waals surface area contributed by atoms with Gasteiger partial charge in [0.25, 0.3) is 0 Å². The van der Waals surface area contributed by atoms with Crippen LogP contribution < -0.4 is 5.32 Å². The van der Waals surface area contributed by atoms with Gasteiger partial charge < -0.3 is 9.88 Å². The van der Waals surface area contributed by atoms with Crippen molar-refractivity contribution in [2.24, 2.45) is 0 Å². The highest BCUT2D eigenvalue weighted by molar-refractivity contribution is 5.04. The van der Waals surface area contributed by atoms with Crippen LogP contribution in [0.5, 0.6) is 0 Å². The van der Waals surface area contributed by atoms with Crippen molar-refractivity contribution in [3.63, 3.8) is 0 Å². The molecule has 2 heterocycles. The maximum Gasteiger partial charge on any atom is 0.123 e. The predicted octanol–water partition coefficient (Wildman–Crippen LogP) is 2.60. The van der Waals surface area contributed by atoms with E-state index in [2.05, 4.69) is 52.6 Å². The van der Waals surface area contributed by atoms with Crippen molar-refractivity contribution < 1.29 is 0 Å². The van der Waals surface area contributed by atoms with E-state index in [-0.39, 0.29) is 0 Å². The van der Waals surface area contributed by atoms with Crippen molar-refractivity contribution in [1.29, 1.82) is 0 Å². The predicted molar refractivity (Wildman–Crippen MR) is 80.6 cm³/mol. The first-order valence-electron chi connectivity index (χ1n) is 7.53. The van der Waals surface area contributed by atoms with Crippen LogP contribution in [0.15, 0.2) is 24.7 Å². The van der Waals surface area contributed by atoms with Crippen molar-refractivity contribution in [1.82, 2.24) is 24.6 Å². The number of aromatic nitrogens is 4. The van der Waals surface area contributed by atoms with Gasteiger partial charge in [-0.05, 0) is 25.5 Å². The maximum absolute atomic E-state index is 4.70. The minimum absolute atomic E-state index is 0.507. The van der Waals surface area contributed by atoms with E-state index in [1.807, 2.05) is 12.4 Å². The molecule has 0 aliphatic rings. The van der Waals surface area contributed by atoms with Gasteiger partial charge in [0, 0.05) is 18.6 Å². The number of imidazole rings is 1. The summed E-state index contributed by atoms with van der Waals surface area (Å²) in [5.41, 5.74) is 1.09. The molecule has 5 heteroatoms. The Morgan fingerprint density at radius 2 is 2.00 bits per heavy atom. The van der Waals surface area contributed by atoms with Crippen molar-refractivity contribution >= 4 is 0 Å². The Labute approximate surface area is 121 Å². The SMILES string of the molecule is CCNCc1nccn1Cc1ccn(C(CC)CC)n1. The first kappa shape index (κ1) is 14.8. The molecule has 0 saturated heterocycles. The van der Waals surface area contributed by atoms with Crippen molar-refractivity contribution in [2.75, 3.05) is 6.54 Å². The van der Waals surface area contributed by atoms with Crippen LogP contribution in [-0.4, -0.2) is 25.9 Å². The van der Waals surface area contributed by atoms with Gasteiger partial charge in [0.1, 0.15) is 5.82 Å². The molecule has 110 valence electrons. The normalized spacial score (nSPS) is 11.4. The molecule has 0 atom stereocenters. The molecule has 0 amide bonds. The molecule has 0 bridgehead atoms. The summed E-state index contributed by atoms with van der Waals surface area (Å²) in [5, 5.41) is 8.01. The third kappa shape index (κ3) is 3.48. The minimum Gasteiger partial charge on any atom is -0.328 e. The van der Waals surface area contributed by atoms with Crippen molar-refractivity contribution in [2.45, 2.75) is 52.7 Å². The van der Waals surface area contributed by atoms with E-state index in [0.717, 1.165) is 44.0 Å². The molecular weight excluding hydrogens is 250 g/mol. The van der Waals surface area contributed by atoms with E-state index in [4.69, 9.17) is 5.10 Å². The maximum atomic E-state index is 4.70. The Bertz CT molecular complexity index is 510. The Balaban J connectivity index is 2.05. The minimum atomic E-state index is 0.507. The lowest BCUT2D eigenvalue weighted by molar-refractivity contribution is 0.424. The topological polar surface area (TPSA) is 47.7 Å². The van der Waals surface area contributed by atoms with Gasteiger partial charge in [0.2, 0.25) is 0 Å². The van der Waals surface area contributed by atoms with Crippen LogP contribution in [0.1, 0.15) is 51.2 Å². The Hall–Kier alpha value is -1.62. The molecule has 20 heavy (non-hydrogen) atoms. The van der Waals surface area contributed by atoms with Gasteiger partial charge in [-0.15, -0.1) is 0 Å². The first-order chi connectivity index (χ1) is 9.78. The van der Waals surface area contributed by atoms with Gasteiger partial charge in [-0.25, -0.2) is 4.98 Å². The highest BCUT2D eigenvalue weighted by Gasteiger charge is 2.09. The Morgan fingerprint density at radius 1 is 1.20 bits per heavy atom. The van der Waals surface area contributed by atoms with Crippen LogP contribution in [0.25, 0.3) is 0 Å². The van der Waals surface area contributed by atoms with Crippen LogP contribution in [0, 0.1) is 0 Å². The molecule has 1 N–H and O–H groups in total. The Morgan fingerprint density at radius 3 is 2.70 bits per heavy atom. The second-order valence-corrected chi connectivity index (χ2v) is 5.01. The lowest BCUT2D eigenvalue weighted by atomic mass is 10.2. The Kier molecular flexibility index (Phi) is 5.35. The average molecular weight is 275 g/mol. The fourth-order valence-corrected chi connectivity index (χ4v) is 2.39. The van der Waals surface area contributed by atoms with E-state index in [0.29, 0.717) is 6.04 Å². The van der Waals surface area contributed by atoms with Crippen LogP contribution >= 0.6 is 0 Å². The van der Waals surface area contributed by atoms with Gasteiger partial charge in [0.15, 0.2) is 0 Å². The molecular formula is C15H25N5. The molecule has 0 aliphatic heterocycles. The van der Waals surface area contributed by atoms with E-state index >= 15 is 0 Å². The van der Waals surface area contributed by atoms with Crippen molar-refractivity contribution in [3.8, 4) is 0 Å². The fourth-order valence-electron chi connectivity index (χ4n) is 2.39. The molecule has 2 aromatic heterocycles. The zero-order valence-corrected chi connectivity index (χ0v) is 12.7. The standard InChI is InChI=1S/C15H25N5/c1-4-14(5-2)20-9-7-13(18-20)12-19-10-8-17-15(19)11-16-6-3/h7-10,14,16H,4-6,11-12H2,1-3H3. The van der Waals surface area contributed by atoms with Crippen LogP contribution in [0.4, 0.5) is 0 Å². The third-order valence-corrected chi connectivity index (χ3v) is 3.65. The van der Waals surface area contributed by atoms with Gasteiger partial charge in [-0.3, -0.25) is 4.68 Å². The molecule has 0 aliphatic carbocycles. The van der Waals surface area contributed by atoms with E-state index in [9.17, 15) is 0 Å². The summed E-state index contributed by atoms with van der Waals surface area (Å²) in [6.45, 7) is 9.06. The van der Waals surface area contributed by atoms with Gasteiger partial charge in [-0.2, -0.15) is 5.10 Å². The summed E-state index contributed by atoms with van der Waals surface area (Å²) in [5.74, 6) is 1.06. The molecule has 2 rings (SSSR count). The molecule has 0 spiro atoms. The first-order valence-corrected chi connectivity index (χ1v) is 7.53. The van der Waals surface area contributed by atoms with E-state index in [1.165, 1.54) is 0 Å². The second kappa shape index (κ2) is 7.24. The smallest absolute Gasteiger partial charge is 0.123 e. The molecule has 5 nitrogen and oxygen atoms in total. The van der Waals surface area contributed by atoms with Crippen molar-refractivity contribution in [3.05, 3.63) is 36.2 Å². The molecule has 0 unspecified atom stereocenters. The quantitative estimate of drug-likeness (QED) is 0.805. The number of rotatable bonds is 8. The highest BCUT2D eigenvalue weighted by Crippen LogP contribution is 2.15. The molecule has 0 aromatic carbocycles. The summed E-state index contributed by atoms with van der Waals surface area (Å²) < 4.78 is 4.25. The number of nitrogens with one attached hydrogen (secondary N) is 1. The lowest BCUT2D eigenvalue weighted by Crippen LogP contribution is -2.17. The highest BCUT2D eigenvalue weighted by atomic mass is 15.3. The number of nitrogens with zero attached hydrogens (tertiary/aromatic N) is 4. The van der Waals surface area contributed by atoms with Gasteiger partial charge in [-0.1, -0.05) is 20.8 Å². The molecule has 0 saturated carbocycles. The third-order valence-electron chi connectivity index (χ3n) is 3.65. The molecule has 0 radical (unpaired) electrons. The van der Waals surface area contributed by atoms with Gasteiger partial charge >= 0.3 is 0 Å². The van der Waals surface area contributed by atoms with E-state index in [1.54, 1.807) is 0 Å². The number of hydrogen-bond acceptors (Lipinski definition) is 3. The largest absolute Gasteiger partial charge is 0.328 e. The average Bonchev–Trinajstić information content (AvgIpc) is 3.08. The van der Waals surface area contributed by atoms with Crippen LogP contribution in [0.2, 0.25) is 0 Å². The summed E-state index contributed by atoms with van der Waals surface area (Å²) >= 11 is 0. The summed E-state index contributed by atoms with van der Waals surface area (Å²) in [7, 11) is 0. The number of hydrogen-bond donors (Lipinski definition) is 1. The monoisotopic (exact) mass is 275 g/mol. The van der Waals surface area contributed by atoms with E-state index < -0.39 is 0 Å². The van der Waals surface area contributed by atoms with Gasteiger partial charge in [0.05, 0.1) is 24.8 Å². The lowest BCUT2D eigenvalue weighted by Gasteiger charge is -2.12.